The van der Waals surface area contributed by atoms with E-state index < -0.39 is 12.0 Å². The van der Waals surface area contributed by atoms with Crippen molar-refractivity contribution < 1.29 is 19.0 Å². The van der Waals surface area contributed by atoms with Gasteiger partial charge in [-0.1, -0.05) is 6.07 Å². The molecule has 0 radical (unpaired) electrons. The number of halogens is 3. The summed E-state index contributed by atoms with van der Waals surface area (Å²) < 4.78 is 15.5. The summed E-state index contributed by atoms with van der Waals surface area (Å²) in [6, 6.07) is 3.47. The van der Waals surface area contributed by atoms with Gasteiger partial charge < -0.3 is 14.2 Å². The second kappa shape index (κ2) is 10.1. The number of methoxy groups -OCH3 is 2. The van der Waals surface area contributed by atoms with Gasteiger partial charge in [0.15, 0.2) is 11.5 Å². The van der Waals surface area contributed by atoms with Gasteiger partial charge in [-0.15, -0.1) is 33.2 Å². The Morgan fingerprint density at radius 2 is 1.91 bits per heavy atom. The summed E-state index contributed by atoms with van der Waals surface area (Å²) in [5.74, 6) is 0.809. The quantitative estimate of drug-likeness (QED) is 0.199. The number of carbonyl (C=O) groups is 1. The minimum Gasteiger partial charge on any atom is -0.493 e. The van der Waals surface area contributed by atoms with Gasteiger partial charge in [0.05, 0.1) is 20.8 Å². The number of carbonyl (C=O) groups excluding carboxylic acids is 1. The Balaban J connectivity index is 2.56. The lowest BCUT2D eigenvalue weighted by molar-refractivity contribution is -0.134. The maximum Gasteiger partial charge on any atom is 0.341 e. The number of ether oxygens (including phenoxy) is 3. The highest BCUT2D eigenvalue weighted by Crippen LogP contribution is 2.30. The van der Waals surface area contributed by atoms with Crippen LogP contribution in [0, 0.1) is 0 Å². The first kappa shape index (κ1) is 20.2. The average molecular weight is 398 g/mol. The van der Waals surface area contributed by atoms with Crippen LogP contribution in [0.3, 0.4) is 0 Å². The fraction of sp³-hybridized carbons (Fsp3) is 0.400. The minimum atomic E-state index is -2.54. The van der Waals surface area contributed by atoms with Gasteiger partial charge in [-0.25, -0.2) is 4.79 Å². The van der Waals surface area contributed by atoms with Crippen LogP contribution in [0.15, 0.2) is 24.3 Å². The molecule has 23 heavy (non-hydrogen) atoms. The van der Waals surface area contributed by atoms with Gasteiger partial charge in [0.25, 0.3) is 0 Å². The second-order valence-corrected chi connectivity index (χ2v) is 14.0. The van der Waals surface area contributed by atoms with Crippen molar-refractivity contribution in [3.63, 3.8) is 0 Å². The molecule has 0 aromatic heterocycles. The lowest BCUT2D eigenvalue weighted by Gasteiger charge is -2.12. The van der Waals surface area contributed by atoms with E-state index in [-0.39, 0.29) is 0 Å². The fourth-order valence-corrected chi connectivity index (χ4v) is 3.60. The molecule has 0 spiro atoms. The maximum absolute atomic E-state index is 11.1. The summed E-state index contributed by atoms with van der Waals surface area (Å²) in [7, 11) is 2.89. The number of esters is 1. The van der Waals surface area contributed by atoms with Crippen LogP contribution < -0.4 is 9.47 Å². The molecule has 1 rings (SSSR count). The molecule has 0 aliphatic carbocycles. The Hall–Kier alpha value is -0.883. The van der Waals surface area contributed by atoms with Crippen molar-refractivity contribution in [3.8, 4) is 11.5 Å². The zero-order valence-corrected chi connectivity index (χ0v) is 16.2. The monoisotopic (exact) mass is 396 g/mol. The van der Waals surface area contributed by atoms with Crippen molar-refractivity contribution in [1.82, 2.24) is 0 Å². The first-order valence-corrected chi connectivity index (χ1v) is 12.2. The van der Waals surface area contributed by atoms with Crippen LogP contribution in [0.25, 0.3) is 6.08 Å². The standard InChI is InChI=1S/C15H19Cl3O4Si/c1-20-14-11-12(6-8-15(19)21-2)5-7-13(14)22-9-3-4-10-23(16,17)18/h5-8,11H,3-4,9-10H2,1-2H3/b8-6+. The molecular weight excluding hydrogens is 379 g/mol. The average Bonchev–Trinajstić information content (AvgIpc) is 2.51. The van der Waals surface area contributed by atoms with Gasteiger partial charge in [-0.3, -0.25) is 0 Å². The number of benzene rings is 1. The first-order chi connectivity index (χ1) is 10.9. The topological polar surface area (TPSA) is 44.8 Å². The molecular formula is C15H19Cl3O4Si. The van der Waals surface area contributed by atoms with Crippen LogP contribution in [-0.2, 0) is 9.53 Å². The minimum absolute atomic E-state index is 0.415. The molecule has 0 saturated heterocycles. The second-order valence-electron chi connectivity index (χ2n) is 4.69. The molecule has 0 aliphatic heterocycles. The third-order valence-electron chi connectivity index (χ3n) is 2.91. The van der Waals surface area contributed by atoms with Crippen LogP contribution in [0.2, 0.25) is 6.04 Å². The molecule has 0 aliphatic rings. The van der Waals surface area contributed by atoms with E-state index in [1.165, 1.54) is 13.2 Å². The highest BCUT2D eigenvalue weighted by Gasteiger charge is 2.23. The molecule has 0 unspecified atom stereocenters. The third-order valence-corrected chi connectivity index (χ3v) is 5.53. The van der Waals surface area contributed by atoms with Gasteiger partial charge in [-0.05, 0) is 42.7 Å². The summed E-state index contributed by atoms with van der Waals surface area (Å²) in [5, 5.41) is 0. The van der Waals surface area contributed by atoms with Crippen LogP contribution in [-0.4, -0.2) is 32.8 Å². The summed E-state index contributed by atoms with van der Waals surface area (Å²) >= 11 is 17.5. The molecule has 1 aromatic rings. The highest BCUT2D eigenvalue weighted by molar-refractivity contribution is 7.64. The van der Waals surface area contributed by atoms with Gasteiger partial charge in [0, 0.05) is 6.08 Å². The van der Waals surface area contributed by atoms with Gasteiger partial charge in [-0.2, -0.15) is 0 Å². The smallest absolute Gasteiger partial charge is 0.341 e. The molecule has 0 atom stereocenters. The molecule has 4 nitrogen and oxygen atoms in total. The Bertz CT molecular complexity index is 544. The highest BCUT2D eigenvalue weighted by atomic mass is 35.8. The Morgan fingerprint density at radius 1 is 1.17 bits per heavy atom. The van der Waals surface area contributed by atoms with Crippen LogP contribution in [0.4, 0.5) is 0 Å². The van der Waals surface area contributed by atoms with Crippen molar-refractivity contribution in [2.24, 2.45) is 0 Å². The molecule has 0 N–H and O–H groups in total. The van der Waals surface area contributed by atoms with E-state index in [1.54, 1.807) is 25.3 Å². The van der Waals surface area contributed by atoms with Crippen molar-refractivity contribution in [2.45, 2.75) is 18.9 Å². The predicted octanol–water partition coefficient (Wildman–Crippen LogP) is 4.70. The number of hydrogen-bond donors (Lipinski definition) is 0. The van der Waals surface area contributed by atoms with Crippen LogP contribution >= 0.6 is 33.2 Å². The molecule has 0 amide bonds. The summed E-state index contributed by atoms with van der Waals surface area (Å²) in [6.45, 7) is 0.517. The molecule has 1 aromatic carbocycles. The molecule has 0 heterocycles. The van der Waals surface area contributed by atoms with E-state index in [0.717, 1.165) is 18.4 Å². The van der Waals surface area contributed by atoms with E-state index >= 15 is 0 Å². The van der Waals surface area contributed by atoms with Gasteiger partial charge in [0.1, 0.15) is 0 Å². The first-order valence-electron chi connectivity index (χ1n) is 6.99. The Kier molecular flexibility index (Phi) is 8.84. The van der Waals surface area contributed by atoms with Gasteiger partial charge >= 0.3 is 12.0 Å². The third kappa shape index (κ3) is 8.51. The van der Waals surface area contributed by atoms with E-state index in [4.69, 9.17) is 42.7 Å². The Labute approximate surface area is 151 Å². The normalized spacial score (nSPS) is 11.5. The largest absolute Gasteiger partial charge is 0.493 e. The number of rotatable bonds is 9. The summed E-state index contributed by atoms with van der Waals surface area (Å²) in [5.41, 5.74) is 0.807. The van der Waals surface area contributed by atoms with E-state index in [9.17, 15) is 4.79 Å². The maximum atomic E-state index is 11.1. The summed E-state index contributed by atoms with van der Waals surface area (Å²) in [4.78, 5) is 11.1. The van der Waals surface area contributed by atoms with E-state index in [0.29, 0.717) is 24.2 Å². The zero-order valence-electron chi connectivity index (χ0n) is 13.0. The van der Waals surface area contributed by atoms with Crippen LogP contribution in [0.5, 0.6) is 11.5 Å². The molecule has 0 fully saturated rings. The van der Waals surface area contributed by atoms with Gasteiger partial charge in [0.2, 0.25) is 0 Å². The summed E-state index contributed by atoms with van der Waals surface area (Å²) in [6.07, 6.45) is 4.60. The number of hydrogen-bond acceptors (Lipinski definition) is 4. The van der Waals surface area contributed by atoms with Crippen LogP contribution in [0.1, 0.15) is 18.4 Å². The van der Waals surface area contributed by atoms with Crippen molar-refractivity contribution >= 4 is 51.3 Å². The van der Waals surface area contributed by atoms with E-state index in [1.807, 2.05) is 6.07 Å². The SMILES string of the molecule is COC(=O)/C=C/c1ccc(OCCCC[Si](Cl)(Cl)Cl)c(OC)c1. The fourth-order valence-electron chi connectivity index (χ4n) is 1.75. The molecule has 0 bridgehead atoms. The lowest BCUT2D eigenvalue weighted by Crippen LogP contribution is -2.09. The number of unbranched alkanes of at least 4 members (excludes halogenated alkanes) is 1. The predicted molar refractivity (Wildman–Crippen MR) is 96.9 cm³/mol. The molecule has 128 valence electrons. The van der Waals surface area contributed by atoms with Crippen molar-refractivity contribution in [1.29, 1.82) is 0 Å². The molecule has 8 heteroatoms. The Morgan fingerprint density at radius 3 is 2.52 bits per heavy atom. The van der Waals surface area contributed by atoms with E-state index in [2.05, 4.69) is 4.74 Å². The molecule has 0 saturated carbocycles. The lowest BCUT2D eigenvalue weighted by atomic mass is 10.2. The zero-order chi connectivity index (χ0) is 17.3. The van der Waals surface area contributed by atoms with Crippen molar-refractivity contribution in [2.75, 3.05) is 20.8 Å². The van der Waals surface area contributed by atoms with Crippen molar-refractivity contribution in [3.05, 3.63) is 29.8 Å².